The van der Waals surface area contributed by atoms with Gasteiger partial charge < -0.3 is 14.3 Å². The molecule has 0 spiro atoms. The van der Waals surface area contributed by atoms with Crippen LogP contribution in [-0.2, 0) is 11.3 Å². The van der Waals surface area contributed by atoms with Crippen LogP contribution in [0.4, 0.5) is 0 Å². The van der Waals surface area contributed by atoms with E-state index in [2.05, 4.69) is 21.0 Å². The smallest absolute Gasteiger partial charge is 0.126 e. The molecule has 0 saturated carbocycles. The molecule has 0 heterocycles. The SMILES string of the molecule is CCCCCCCC[N+](C)(C)CC(O)COCc1ccccc1. The number of aliphatic hydroxyl groups excluding tert-OH is 1. The first-order valence-corrected chi connectivity index (χ1v) is 9.15. The topological polar surface area (TPSA) is 29.5 Å². The fourth-order valence-corrected chi connectivity index (χ4v) is 2.92. The Kier molecular flexibility index (Phi) is 10.2. The van der Waals surface area contributed by atoms with Crippen molar-refractivity contribution in [1.29, 1.82) is 0 Å². The number of ether oxygens (including phenoxy) is 1. The van der Waals surface area contributed by atoms with Crippen molar-refractivity contribution in [2.75, 3.05) is 33.8 Å². The summed E-state index contributed by atoms with van der Waals surface area (Å²) in [5.74, 6) is 0. The van der Waals surface area contributed by atoms with Crippen LogP contribution in [0.15, 0.2) is 30.3 Å². The number of rotatable bonds is 13. The summed E-state index contributed by atoms with van der Waals surface area (Å²) in [5, 5.41) is 10.2. The minimum atomic E-state index is -0.395. The molecule has 0 amide bonds. The molecule has 0 aromatic heterocycles. The Morgan fingerprint density at radius 2 is 1.65 bits per heavy atom. The van der Waals surface area contributed by atoms with Gasteiger partial charge in [-0.1, -0.05) is 62.9 Å². The van der Waals surface area contributed by atoms with Crippen LogP contribution >= 0.6 is 0 Å². The lowest BCUT2D eigenvalue weighted by Gasteiger charge is -2.32. The van der Waals surface area contributed by atoms with E-state index in [-0.39, 0.29) is 0 Å². The molecule has 0 aliphatic carbocycles. The van der Waals surface area contributed by atoms with Gasteiger partial charge in [-0.3, -0.25) is 0 Å². The molecule has 1 N–H and O–H groups in total. The summed E-state index contributed by atoms with van der Waals surface area (Å²) in [6.07, 6.45) is 7.52. The summed E-state index contributed by atoms with van der Waals surface area (Å²) in [7, 11) is 4.40. The van der Waals surface area contributed by atoms with E-state index in [0.717, 1.165) is 23.1 Å². The molecule has 0 saturated heterocycles. The van der Waals surface area contributed by atoms with E-state index in [1.807, 2.05) is 30.3 Å². The molecule has 1 aromatic rings. The Bertz CT molecular complexity index is 392. The van der Waals surface area contributed by atoms with Crippen molar-refractivity contribution in [1.82, 2.24) is 0 Å². The fraction of sp³-hybridized carbons (Fsp3) is 0.700. The van der Waals surface area contributed by atoms with Gasteiger partial charge in [0, 0.05) is 0 Å². The van der Waals surface area contributed by atoms with Gasteiger partial charge in [0.05, 0.1) is 33.9 Å². The zero-order chi connectivity index (χ0) is 17.0. The van der Waals surface area contributed by atoms with Crippen molar-refractivity contribution < 1.29 is 14.3 Å². The maximum Gasteiger partial charge on any atom is 0.126 e. The molecule has 0 fully saturated rings. The Morgan fingerprint density at radius 1 is 1.00 bits per heavy atom. The van der Waals surface area contributed by atoms with E-state index in [1.54, 1.807) is 0 Å². The summed E-state index contributed by atoms with van der Waals surface area (Å²) >= 11 is 0. The lowest BCUT2D eigenvalue weighted by molar-refractivity contribution is -0.893. The predicted octanol–water partition coefficient (Wildman–Crippen LogP) is 4.00. The maximum atomic E-state index is 10.2. The Balaban J connectivity index is 2.12. The molecule has 1 rings (SSSR count). The molecule has 3 heteroatoms. The van der Waals surface area contributed by atoms with Gasteiger partial charge in [-0.25, -0.2) is 0 Å². The minimum absolute atomic E-state index is 0.395. The lowest BCUT2D eigenvalue weighted by atomic mass is 10.1. The number of hydrogen-bond donors (Lipinski definition) is 1. The van der Waals surface area contributed by atoms with Crippen LogP contribution in [0.1, 0.15) is 51.0 Å². The highest BCUT2D eigenvalue weighted by atomic mass is 16.5. The molecule has 3 nitrogen and oxygen atoms in total. The highest BCUT2D eigenvalue weighted by Crippen LogP contribution is 2.09. The third-order valence-electron chi connectivity index (χ3n) is 4.24. The van der Waals surface area contributed by atoms with Gasteiger partial charge in [-0.2, -0.15) is 0 Å². The van der Waals surface area contributed by atoms with Crippen LogP contribution in [0.5, 0.6) is 0 Å². The zero-order valence-corrected chi connectivity index (χ0v) is 15.3. The van der Waals surface area contributed by atoms with Gasteiger partial charge in [0.15, 0.2) is 0 Å². The number of nitrogens with zero attached hydrogens (tertiary/aromatic N) is 1. The van der Waals surface area contributed by atoms with E-state index < -0.39 is 6.10 Å². The normalized spacial score (nSPS) is 13.2. The average molecular weight is 323 g/mol. The molecule has 1 aromatic carbocycles. The summed E-state index contributed by atoms with van der Waals surface area (Å²) in [6, 6.07) is 10.1. The van der Waals surface area contributed by atoms with E-state index in [0.29, 0.717) is 13.2 Å². The lowest BCUT2D eigenvalue weighted by Crippen LogP contribution is -2.47. The van der Waals surface area contributed by atoms with Crippen LogP contribution in [-0.4, -0.2) is 49.5 Å². The second-order valence-corrected chi connectivity index (χ2v) is 7.26. The summed E-state index contributed by atoms with van der Waals surface area (Å²) in [5.41, 5.74) is 1.15. The van der Waals surface area contributed by atoms with E-state index in [4.69, 9.17) is 4.74 Å². The first kappa shape index (κ1) is 20.1. The second kappa shape index (κ2) is 11.6. The average Bonchev–Trinajstić information content (AvgIpc) is 2.51. The van der Waals surface area contributed by atoms with Gasteiger partial charge in [-0.15, -0.1) is 0 Å². The van der Waals surface area contributed by atoms with E-state index in [1.165, 1.54) is 38.5 Å². The van der Waals surface area contributed by atoms with Crippen LogP contribution in [0, 0.1) is 0 Å². The number of aliphatic hydroxyl groups is 1. The third-order valence-corrected chi connectivity index (χ3v) is 4.24. The predicted molar refractivity (Wildman–Crippen MR) is 97.3 cm³/mol. The minimum Gasteiger partial charge on any atom is -0.385 e. The van der Waals surface area contributed by atoms with Crippen molar-refractivity contribution in [2.24, 2.45) is 0 Å². The second-order valence-electron chi connectivity index (χ2n) is 7.26. The van der Waals surface area contributed by atoms with Crippen LogP contribution in [0.25, 0.3) is 0 Å². The van der Waals surface area contributed by atoms with Crippen LogP contribution in [0.3, 0.4) is 0 Å². The number of benzene rings is 1. The zero-order valence-electron chi connectivity index (χ0n) is 15.3. The molecular formula is C20H36NO2+. The van der Waals surface area contributed by atoms with Gasteiger partial charge in [-0.05, 0) is 18.4 Å². The molecule has 0 aliphatic heterocycles. The summed E-state index contributed by atoms with van der Waals surface area (Å²) in [4.78, 5) is 0. The number of hydrogen-bond acceptors (Lipinski definition) is 2. The van der Waals surface area contributed by atoms with Crippen LogP contribution in [0.2, 0.25) is 0 Å². The van der Waals surface area contributed by atoms with Crippen molar-refractivity contribution in [2.45, 2.75) is 58.2 Å². The molecule has 0 radical (unpaired) electrons. The molecule has 0 bridgehead atoms. The van der Waals surface area contributed by atoms with Gasteiger partial charge in [0.25, 0.3) is 0 Å². The Morgan fingerprint density at radius 3 is 2.35 bits per heavy atom. The Hall–Kier alpha value is -0.900. The van der Waals surface area contributed by atoms with E-state index >= 15 is 0 Å². The molecule has 1 unspecified atom stereocenters. The highest BCUT2D eigenvalue weighted by Gasteiger charge is 2.20. The quantitative estimate of drug-likeness (QED) is 0.439. The van der Waals surface area contributed by atoms with E-state index in [9.17, 15) is 5.11 Å². The van der Waals surface area contributed by atoms with Gasteiger partial charge in [0.1, 0.15) is 12.6 Å². The largest absolute Gasteiger partial charge is 0.385 e. The van der Waals surface area contributed by atoms with Crippen molar-refractivity contribution >= 4 is 0 Å². The maximum absolute atomic E-state index is 10.2. The number of unbranched alkanes of at least 4 members (excludes halogenated alkanes) is 5. The molecule has 23 heavy (non-hydrogen) atoms. The summed E-state index contributed by atoms with van der Waals surface area (Å²) < 4.78 is 6.50. The highest BCUT2D eigenvalue weighted by molar-refractivity contribution is 5.13. The number of quaternary nitrogens is 1. The first-order chi connectivity index (χ1) is 11.0. The standard InChI is InChI=1S/C20H36NO2/c1-4-5-6-7-8-12-15-21(2,3)16-20(22)18-23-17-19-13-10-9-11-14-19/h9-11,13-14,20,22H,4-8,12,15-18H2,1-3H3/q+1. The fourth-order valence-electron chi connectivity index (χ4n) is 2.92. The Labute approximate surface area is 142 Å². The number of likely N-dealkylation sites (N-methyl/N-ethyl adjacent to an activating group) is 1. The molecular weight excluding hydrogens is 286 g/mol. The van der Waals surface area contributed by atoms with Crippen molar-refractivity contribution in [3.8, 4) is 0 Å². The third kappa shape index (κ3) is 10.5. The van der Waals surface area contributed by atoms with Gasteiger partial charge in [0.2, 0.25) is 0 Å². The monoisotopic (exact) mass is 322 g/mol. The first-order valence-electron chi connectivity index (χ1n) is 9.15. The molecule has 132 valence electrons. The van der Waals surface area contributed by atoms with Gasteiger partial charge >= 0.3 is 0 Å². The molecule has 1 atom stereocenters. The van der Waals surface area contributed by atoms with Crippen molar-refractivity contribution in [3.63, 3.8) is 0 Å². The summed E-state index contributed by atoms with van der Waals surface area (Å²) in [6.45, 7) is 5.11. The van der Waals surface area contributed by atoms with Crippen LogP contribution < -0.4 is 0 Å². The van der Waals surface area contributed by atoms with Crippen molar-refractivity contribution in [3.05, 3.63) is 35.9 Å². The molecule has 0 aliphatic rings.